The van der Waals surface area contributed by atoms with Gasteiger partial charge in [-0.25, -0.2) is 4.79 Å². The molecular weight excluding hydrogens is 358 g/mol. The molecule has 0 aliphatic heterocycles. The topological polar surface area (TPSA) is 80.7 Å². The standard InChI is InChI=1S/C18H15NO4S2/c1-12-7-5-6-10-14(12)19(25(22)23)15-11-16(24-17(15)18(20)21)13-8-3-2-4-9-13/h2-11H,1H3,(H,20,21)(H,22,23)/p-1. The highest BCUT2D eigenvalue weighted by atomic mass is 32.2. The zero-order valence-corrected chi connectivity index (χ0v) is 14.8. The maximum atomic E-state index is 11.9. The summed E-state index contributed by atoms with van der Waals surface area (Å²) in [7, 11) is 0. The number of nitrogens with zero attached hydrogens (tertiary/aromatic N) is 1. The molecule has 0 amide bonds. The van der Waals surface area contributed by atoms with Gasteiger partial charge in [-0.2, -0.15) is 0 Å². The van der Waals surface area contributed by atoms with Crippen molar-refractivity contribution in [2.24, 2.45) is 0 Å². The molecule has 128 valence electrons. The summed E-state index contributed by atoms with van der Waals surface area (Å²) in [6.07, 6.45) is 0. The first-order valence-corrected chi connectivity index (χ1v) is 9.21. The maximum absolute atomic E-state index is 11.9. The zero-order chi connectivity index (χ0) is 18.0. The van der Waals surface area contributed by atoms with Gasteiger partial charge in [0.15, 0.2) is 0 Å². The Morgan fingerprint density at radius 2 is 1.72 bits per heavy atom. The minimum atomic E-state index is -2.66. The molecule has 1 heterocycles. The van der Waals surface area contributed by atoms with E-state index in [1.807, 2.05) is 30.3 Å². The molecule has 2 aromatic carbocycles. The monoisotopic (exact) mass is 372 g/mol. The predicted octanol–water partition coefficient (Wildman–Crippen LogP) is 4.35. The minimum absolute atomic E-state index is 0.0219. The van der Waals surface area contributed by atoms with Crippen LogP contribution in [0.1, 0.15) is 15.2 Å². The molecule has 1 atom stereocenters. The first kappa shape index (κ1) is 17.3. The molecule has 0 bridgehead atoms. The van der Waals surface area contributed by atoms with Gasteiger partial charge in [0, 0.05) is 4.88 Å². The van der Waals surface area contributed by atoms with E-state index in [0.717, 1.165) is 26.8 Å². The van der Waals surface area contributed by atoms with E-state index >= 15 is 0 Å². The molecule has 1 N–H and O–H groups in total. The number of carbonyl (C=O) groups is 1. The number of para-hydroxylation sites is 1. The average Bonchev–Trinajstić information content (AvgIpc) is 3.02. The quantitative estimate of drug-likeness (QED) is 0.675. The zero-order valence-electron chi connectivity index (χ0n) is 13.2. The third-order valence-corrected chi connectivity index (χ3v) is 5.52. The number of aromatic carboxylic acids is 1. The van der Waals surface area contributed by atoms with E-state index < -0.39 is 17.2 Å². The second kappa shape index (κ2) is 7.18. The van der Waals surface area contributed by atoms with E-state index in [-0.39, 0.29) is 10.6 Å². The number of carboxylic acids is 1. The lowest BCUT2D eigenvalue weighted by Crippen LogP contribution is -2.21. The molecule has 0 saturated heterocycles. The summed E-state index contributed by atoms with van der Waals surface area (Å²) < 4.78 is 24.9. The molecule has 0 fully saturated rings. The van der Waals surface area contributed by atoms with Crippen LogP contribution in [0.5, 0.6) is 0 Å². The highest BCUT2D eigenvalue weighted by Gasteiger charge is 2.23. The van der Waals surface area contributed by atoms with Crippen molar-refractivity contribution in [3.05, 3.63) is 71.1 Å². The molecule has 25 heavy (non-hydrogen) atoms. The van der Waals surface area contributed by atoms with Crippen molar-refractivity contribution in [1.82, 2.24) is 0 Å². The third kappa shape index (κ3) is 3.48. The fraction of sp³-hybridized carbons (Fsp3) is 0.0556. The van der Waals surface area contributed by atoms with Crippen LogP contribution >= 0.6 is 11.3 Å². The Bertz CT molecular complexity index is 937. The van der Waals surface area contributed by atoms with Crippen LogP contribution < -0.4 is 4.31 Å². The summed E-state index contributed by atoms with van der Waals surface area (Å²) in [6.45, 7) is 1.78. The molecule has 1 unspecified atom stereocenters. The van der Waals surface area contributed by atoms with Crippen LogP contribution in [0.25, 0.3) is 10.4 Å². The highest BCUT2D eigenvalue weighted by molar-refractivity contribution is 7.81. The number of anilines is 2. The summed E-state index contributed by atoms with van der Waals surface area (Å²) in [4.78, 5) is 12.4. The van der Waals surface area contributed by atoms with Gasteiger partial charge in [-0.3, -0.25) is 8.51 Å². The van der Waals surface area contributed by atoms with Crippen molar-refractivity contribution in [1.29, 1.82) is 0 Å². The first-order chi connectivity index (χ1) is 12.0. The van der Waals surface area contributed by atoms with Crippen LogP contribution in [0.3, 0.4) is 0 Å². The van der Waals surface area contributed by atoms with Crippen LogP contribution in [-0.2, 0) is 11.3 Å². The number of carboxylic acid groups (broad SMARTS) is 1. The van der Waals surface area contributed by atoms with E-state index in [9.17, 15) is 18.7 Å². The van der Waals surface area contributed by atoms with Crippen molar-refractivity contribution >= 4 is 39.9 Å². The number of thiophene rings is 1. The molecule has 7 heteroatoms. The smallest absolute Gasteiger partial charge is 0.348 e. The van der Waals surface area contributed by atoms with Gasteiger partial charge < -0.3 is 9.66 Å². The number of hydrogen-bond donors (Lipinski definition) is 1. The van der Waals surface area contributed by atoms with Gasteiger partial charge in [0.2, 0.25) is 0 Å². The van der Waals surface area contributed by atoms with E-state index in [1.165, 1.54) is 0 Å². The Kier molecular flexibility index (Phi) is 4.98. The predicted molar refractivity (Wildman–Crippen MR) is 99.0 cm³/mol. The van der Waals surface area contributed by atoms with Crippen LogP contribution in [0.4, 0.5) is 11.4 Å². The second-order valence-corrected chi connectivity index (χ2v) is 7.15. The Morgan fingerprint density at radius 3 is 2.32 bits per heavy atom. The molecule has 3 rings (SSSR count). The number of aryl methyl sites for hydroxylation is 1. The van der Waals surface area contributed by atoms with Gasteiger partial charge in [0.05, 0.1) is 22.6 Å². The molecule has 0 aliphatic carbocycles. The van der Waals surface area contributed by atoms with E-state index in [4.69, 9.17) is 0 Å². The summed E-state index contributed by atoms with van der Waals surface area (Å²) in [6, 6.07) is 17.8. The second-order valence-electron chi connectivity index (χ2n) is 5.29. The number of benzene rings is 2. The number of hydrogen-bond acceptors (Lipinski definition) is 4. The van der Waals surface area contributed by atoms with Crippen LogP contribution in [-0.4, -0.2) is 19.8 Å². The fourth-order valence-electron chi connectivity index (χ4n) is 2.51. The van der Waals surface area contributed by atoms with Gasteiger partial charge in [-0.1, -0.05) is 48.5 Å². The summed E-state index contributed by atoms with van der Waals surface area (Å²) >= 11 is -1.61. The molecule has 5 nitrogen and oxygen atoms in total. The Labute approximate surface area is 151 Å². The lowest BCUT2D eigenvalue weighted by Gasteiger charge is -2.27. The lowest BCUT2D eigenvalue weighted by molar-refractivity contribution is 0.0703. The maximum Gasteiger partial charge on any atom is 0.348 e. The molecule has 0 radical (unpaired) electrons. The SMILES string of the molecule is Cc1ccccc1N(c1cc(-c2ccccc2)sc1C(=O)O)S(=O)[O-]. The molecule has 0 saturated carbocycles. The van der Waals surface area contributed by atoms with Crippen LogP contribution in [0.15, 0.2) is 60.7 Å². The highest BCUT2D eigenvalue weighted by Crippen LogP contribution is 2.40. The molecule has 0 spiro atoms. The fourth-order valence-corrected chi connectivity index (χ4v) is 4.23. The largest absolute Gasteiger partial charge is 0.755 e. The average molecular weight is 372 g/mol. The normalized spacial score (nSPS) is 11.9. The van der Waals surface area contributed by atoms with Crippen LogP contribution in [0, 0.1) is 6.92 Å². The lowest BCUT2D eigenvalue weighted by atomic mass is 10.1. The van der Waals surface area contributed by atoms with Crippen molar-refractivity contribution in [2.45, 2.75) is 6.92 Å². The molecule has 1 aromatic heterocycles. The summed E-state index contributed by atoms with van der Waals surface area (Å²) in [5, 5.41) is 9.56. The molecule has 0 aliphatic rings. The van der Waals surface area contributed by atoms with Crippen molar-refractivity contribution in [2.75, 3.05) is 4.31 Å². The van der Waals surface area contributed by atoms with E-state index in [2.05, 4.69) is 0 Å². The van der Waals surface area contributed by atoms with Gasteiger partial charge >= 0.3 is 5.97 Å². The summed E-state index contributed by atoms with van der Waals surface area (Å²) in [5.41, 5.74) is 2.13. The summed E-state index contributed by atoms with van der Waals surface area (Å²) in [5.74, 6) is -1.16. The Hall–Kier alpha value is -2.48. The van der Waals surface area contributed by atoms with Gasteiger partial charge in [0.25, 0.3) is 0 Å². The van der Waals surface area contributed by atoms with Crippen LogP contribution in [0.2, 0.25) is 0 Å². The molecule has 3 aromatic rings. The van der Waals surface area contributed by atoms with Crippen molar-refractivity contribution in [3.8, 4) is 10.4 Å². The molecular formula is C18H14NO4S2-. The minimum Gasteiger partial charge on any atom is -0.755 e. The van der Waals surface area contributed by atoms with Gasteiger partial charge in [-0.15, -0.1) is 11.3 Å². The van der Waals surface area contributed by atoms with Crippen molar-refractivity contribution in [3.63, 3.8) is 0 Å². The van der Waals surface area contributed by atoms with E-state index in [0.29, 0.717) is 10.6 Å². The Morgan fingerprint density at radius 1 is 1.08 bits per heavy atom. The Balaban J connectivity index is 2.20. The first-order valence-electron chi connectivity index (χ1n) is 7.36. The van der Waals surface area contributed by atoms with Gasteiger partial charge in [-0.05, 0) is 30.2 Å². The van der Waals surface area contributed by atoms with Crippen molar-refractivity contribution < 1.29 is 18.7 Å². The van der Waals surface area contributed by atoms with E-state index in [1.54, 1.807) is 37.3 Å². The third-order valence-electron chi connectivity index (χ3n) is 3.67. The van der Waals surface area contributed by atoms with Gasteiger partial charge in [0.1, 0.15) is 4.88 Å². The number of rotatable bonds is 5.